The van der Waals surface area contributed by atoms with Crippen molar-refractivity contribution in [2.75, 3.05) is 7.05 Å². The zero-order valence-corrected chi connectivity index (χ0v) is 16.2. The Labute approximate surface area is 149 Å². The lowest BCUT2D eigenvalue weighted by molar-refractivity contribution is 0.749. The Hall–Kier alpha value is -1.48. The number of fused-ring (bicyclic) bond motifs is 1. The molecule has 0 bridgehead atoms. The standard InChI is InChI=1S/C16H21IN6/c1-9(2)14-10(3)23(20-15(14)17)13-6-11-8-22(5)21-16(11)19-12(13)7-18-4/h6,8-9,18H,7H2,1-5H3. The van der Waals surface area contributed by atoms with Gasteiger partial charge in [0.25, 0.3) is 0 Å². The van der Waals surface area contributed by atoms with Gasteiger partial charge in [-0.25, -0.2) is 9.67 Å². The van der Waals surface area contributed by atoms with Gasteiger partial charge >= 0.3 is 0 Å². The van der Waals surface area contributed by atoms with Crippen LogP contribution < -0.4 is 5.32 Å². The fraction of sp³-hybridized carbons (Fsp3) is 0.438. The van der Waals surface area contributed by atoms with Gasteiger partial charge in [0.2, 0.25) is 0 Å². The zero-order valence-electron chi connectivity index (χ0n) is 14.1. The smallest absolute Gasteiger partial charge is 0.181 e. The van der Waals surface area contributed by atoms with E-state index in [1.807, 2.05) is 25.0 Å². The average molecular weight is 424 g/mol. The Balaban J connectivity index is 2.25. The first-order valence-corrected chi connectivity index (χ1v) is 8.73. The van der Waals surface area contributed by atoms with E-state index in [2.05, 4.69) is 59.8 Å². The van der Waals surface area contributed by atoms with Crippen LogP contribution in [-0.4, -0.2) is 31.6 Å². The van der Waals surface area contributed by atoms with Crippen molar-refractivity contribution < 1.29 is 0 Å². The number of aromatic nitrogens is 5. The van der Waals surface area contributed by atoms with E-state index >= 15 is 0 Å². The molecule has 3 rings (SSSR count). The topological polar surface area (TPSA) is 60.6 Å². The SMILES string of the molecule is CNCc1nc2nn(C)cc2cc1-n1nc(I)c(C(C)C)c1C. The van der Waals surface area contributed by atoms with Crippen LogP contribution in [0.5, 0.6) is 0 Å². The number of nitrogens with one attached hydrogen (secondary N) is 1. The van der Waals surface area contributed by atoms with Gasteiger partial charge in [-0.05, 0) is 48.5 Å². The summed E-state index contributed by atoms with van der Waals surface area (Å²) < 4.78 is 4.87. The fourth-order valence-electron chi connectivity index (χ4n) is 2.95. The summed E-state index contributed by atoms with van der Waals surface area (Å²) in [4.78, 5) is 4.73. The van der Waals surface area contributed by atoms with Crippen LogP contribution in [0.2, 0.25) is 0 Å². The minimum Gasteiger partial charge on any atom is -0.314 e. The van der Waals surface area contributed by atoms with E-state index in [0.29, 0.717) is 12.5 Å². The van der Waals surface area contributed by atoms with E-state index in [-0.39, 0.29) is 0 Å². The molecule has 7 heteroatoms. The van der Waals surface area contributed by atoms with Gasteiger partial charge in [0, 0.05) is 36.4 Å². The van der Waals surface area contributed by atoms with Gasteiger partial charge in [-0.1, -0.05) is 13.8 Å². The molecule has 0 spiro atoms. The van der Waals surface area contributed by atoms with Gasteiger partial charge in [-0.3, -0.25) is 4.68 Å². The molecule has 1 N–H and O–H groups in total. The molecule has 3 heterocycles. The number of rotatable bonds is 4. The molecule has 0 aliphatic heterocycles. The van der Waals surface area contributed by atoms with Gasteiger partial charge in [-0.15, -0.1) is 0 Å². The van der Waals surface area contributed by atoms with Crippen molar-refractivity contribution in [2.24, 2.45) is 7.05 Å². The highest BCUT2D eigenvalue weighted by Crippen LogP contribution is 2.28. The number of hydrogen-bond donors (Lipinski definition) is 1. The molecule has 0 aliphatic carbocycles. The van der Waals surface area contributed by atoms with Gasteiger partial charge in [-0.2, -0.15) is 10.2 Å². The van der Waals surface area contributed by atoms with Crippen LogP contribution in [0.25, 0.3) is 16.7 Å². The predicted octanol–water partition coefficient (Wildman–Crippen LogP) is 2.91. The molecule has 3 aromatic rings. The molecule has 0 saturated carbocycles. The maximum Gasteiger partial charge on any atom is 0.181 e. The number of hydrogen-bond acceptors (Lipinski definition) is 4. The Kier molecular flexibility index (Phi) is 4.41. The van der Waals surface area contributed by atoms with Crippen LogP contribution in [0, 0.1) is 10.6 Å². The lowest BCUT2D eigenvalue weighted by Gasteiger charge is -2.11. The summed E-state index contributed by atoms with van der Waals surface area (Å²) in [6, 6.07) is 2.13. The van der Waals surface area contributed by atoms with Crippen molar-refractivity contribution in [3.8, 4) is 5.69 Å². The fourth-order valence-corrected chi connectivity index (χ4v) is 4.18. The Morgan fingerprint density at radius 1 is 1.30 bits per heavy atom. The van der Waals surface area contributed by atoms with Crippen molar-refractivity contribution >= 4 is 33.6 Å². The van der Waals surface area contributed by atoms with Gasteiger partial charge in [0.1, 0.15) is 3.70 Å². The second kappa shape index (κ2) is 6.20. The molecule has 0 unspecified atom stereocenters. The van der Waals surface area contributed by atoms with Crippen LogP contribution in [-0.2, 0) is 13.6 Å². The van der Waals surface area contributed by atoms with E-state index in [0.717, 1.165) is 26.1 Å². The Morgan fingerprint density at radius 2 is 2.04 bits per heavy atom. The number of nitrogens with zero attached hydrogens (tertiary/aromatic N) is 5. The normalized spacial score (nSPS) is 11.8. The van der Waals surface area contributed by atoms with E-state index in [1.54, 1.807) is 4.68 Å². The molecular weight excluding hydrogens is 403 g/mol. The third-order valence-electron chi connectivity index (χ3n) is 3.93. The molecule has 0 amide bonds. The van der Waals surface area contributed by atoms with Crippen LogP contribution in [0.3, 0.4) is 0 Å². The highest BCUT2D eigenvalue weighted by molar-refractivity contribution is 14.1. The molecule has 0 saturated heterocycles. The van der Waals surface area contributed by atoms with Crippen LogP contribution in [0.1, 0.15) is 36.7 Å². The molecule has 3 aromatic heterocycles. The predicted molar refractivity (Wildman–Crippen MR) is 99.9 cm³/mol. The highest BCUT2D eigenvalue weighted by atomic mass is 127. The molecule has 122 valence electrons. The van der Waals surface area contributed by atoms with E-state index in [4.69, 9.17) is 10.1 Å². The second-order valence-corrected chi connectivity index (χ2v) is 7.08. The summed E-state index contributed by atoms with van der Waals surface area (Å²) in [6.45, 7) is 7.21. The lowest BCUT2D eigenvalue weighted by Crippen LogP contribution is -2.13. The number of halogens is 1. The maximum absolute atomic E-state index is 4.77. The third-order valence-corrected chi connectivity index (χ3v) is 4.73. The first-order chi connectivity index (χ1) is 10.9. The highest BCUT2D eigenvalue weighted by Gasteiger charge is 2.19. The van der Waals surface area contributed by atoms with Crippen molar-refractivity contribution in [3.05, 3.63) is 32.9 Å². The van der Waals surface area contributed by atoms with E-state index < -0.39 is 0 Å². The number of pyridine rings is 1. The third kappa shape index (κ3) is 2.87. The van der Waals surface area contributed by atoms with Crippen LogP contribution >= 0.6 is 22.6 Å². The molecule has 0 radical (unpaired) electrons. The maximum atomic E-state index is 4.77. The Bertz CT molecular complexity index is 861. The summed E-state index contributed by atoms with van der Waals surface area (Å²) >= 11 is 2.32. The Morgan fingerprint density at radius 3 is 2.65 bits per heavy atom. The minimum absolute atomic E-state index is 0.443. The van der Waals surface area contributed by atoms with Gasteiger partial charge in [0.15, 0.2) is 5.65 Å². The largest absolute Gasteiger partial charge is 0.314 e. The quantitative estimate of drug-likeness (QED) is 0.655. The molecule has 0 aromatic carbocycles. The lowest BCUT2D eigenvalue weighted by atomic mass is 10.1. The average Bonchev–Trinajstić information content (AvgIpc) is 2.96. The molecule has 23 heavy (non-hydrogen) atoms. The van der Waals surface area contributed by atoms with Crippen molar-refractivity contribution in [2.45, 2.75) is 33.2 Å². The second-order valence-electron chi connectivity index (χ2n) is 6.06. The monoisotopic (exact) mass is 424 g/mol. The van der Waals surface area contributed by atoms with E-state index in [1.165, 1.54) is 11.3 Å². The van der Waals surface area contributed by atoms with Gasteiger partial charge in [0.05, 0.1) is 11.4 Å². The zero-order chi connectivity index (χ0) is 16.7. The van der Waals surface area contributed by atoms with Crippen molar-refractivity contribution in [1.29, 1.82) is 0 Å². The summed E-state index contributed by atoms with van der Waals surface area (Å²) in [5, 5.41) is 13.4. The van der Waals surface area contributed by atoms with Crippen LogP contribution in [0.4, 0.5) is 0 Å². The molecule has 6 nitrogen and oxygen atoms in total. The van der Waals surface area contributed by atoms with E-state index in [9.17, 15) is 0 Å². The molecule has 0 aliphatic rings. The first kappa shape index (κ1) is 16.4. The number of aryl methyl sites for hydroxylation is 1. The van der Waals surface area contributed by atoms with Crippen LogP contribution in [0.15, 0.2) is 12.3 Å². The minimum atomic E-state index is 0.443. The molecule has 0 atom stereocenters. The summed E-state index contributed by atoms with van der Waals surface area (Å²) in [7, 11) is 3.84. The summed E-state index contributed by atoms with van der Waals surface area (Å²) in [5.74, 6) is 0.443. The van der Waals surface area contributed by atoms with Crippen molar-refractivity contribution in [1.82, 2.24) is 29.9 Å². The first-order valence-electron chi connectivity index (χ1n) is 7.65. The summed E-state index contributed by atoms with van der Waals surface area (Å²) in [5.41, 5.74) is 5.21. The summed E-state index contributed by atoms with van der Waals surface area (Å²) in [6.07, 6.45) is 1.99. The molecule has 0 fully saturated rings. The van der Waals surface area contributed by atoms with Crippen molar-refractivity contribution in [3.63, 3.8) is 0 Å². The molecular formula is C16H21IN6. The van der Waals surface area contributed by atoms with Gasteiger partial charge < -0.3 is 5.32 Å².